The zero-order valence-corrected chi connectivity index (χ0v) is 10.2. The molecule has 0 aliphatic rings. The Morgan fingerprint density at radius 1 is 1.42 bits per heavy atom. The van der Waals surface area contributed by atoms with Crippen LogP contribution in [0.1, 0.15) is 0 Å². The van der Waals surface area contributed by atoms with Crippen molar-refractivity contribution in [1.29, 1.82) is 0 Å². The van der Waals surface area contributed by atoms with E-state index in [1.54, 1.807) is 24.3 Å². The summed E-state index contributed by atoms with van der Waals surface area (Å²) in [5, 5.41) is 8.57. The summed E-state index contributed by atoms with van der Waals surface area (Å²) in [6, 6.07) is 6.71. The molecule has 102 valence electrons. The molecule has 0 saturated heterocycles. The first kappa shape index (κ1) is 13.7. The molecule has 0 aliphatic heterocycles. The van der Waals surface area contributed by atoms with Crippen LogP contribution < -0.4 is 0 Å². The summed E-state index contributed by atoms with van der Waals surface area (Å²) in [5.74, 6) is -5.02. The molecule has 0 saturated carbocycles. The van der Waals surface area contributed by atoms with Gasteiger partial charge in [-0.15, -0.1) is 0 Å². The minimum atomic E-state index is -4.79. The van der Waals surface area contributed by atoms with E-state index in [9.17, 15) is 18.0 Å². The van der Waals surface area contributed by atoms with Gasteiger partial charge in [0, 0.05) is 5.75 Å². The molecular formula is C11H8F3NO3S. The lowest BCUT2D eigenvalue weighted by atomic mass is 10.2. The van der Waals surface area contributed by atoms with Gasteiger partial charge in [-0.25, -0.2) is 4.98 Å². The van der Waals surface area contributed by atoms with E-state index in [4.69, 9.17) is 9.52 Å². The third kappa shape index (κ3) is 3.19. The van der Waals surface area contributed by atoms with Crippen molar-refractivity contribution in [2.24, 2.45) is 5.92 Å². The van der Waals surface area contributed by atoms with Crippen molar-refractivity contribution in [3.8, 4) is 0 Å². The number of benzene rings is 1. The molecule has 0 amide bonds. The van der Waals surface area contributed by atoms with Crippen LogP contribution in [0.2, 0.25) is 0 Å². The number of hydrogen-bond donors (Lipinski definition) is 1. The fraction of sp³-hybridized carbons (Fsp3) is 0.273. The number of oxazole rings is 1. The third-order valence-corrected chi connectivity index (χ3v) is 3.26. The van der Waals surface area contributed by atoms with Gasteiger partial charge in [0.25, 0.3) is 5.22 Å². The molecule has 1 atom stereocenters. The SMILES string of the molecule is O=C(O)C(CSc1nc2ccccc2o1)C(F)(F)F. The van der Waals surface area contributed by atoms with Crippen LogP contribution in [0, 0.1) is 5.92 Å². The smallest absolute Gasteiger partial charge is 0.403 e. The fourth-order valence-electron chi connectivity index (χ4n) is 1.37. The van der Waals surface area contributed by atoms with Gasteiger partial charge in [-0.2, -0.15) is 13.2 Å². The van der Waals surface area contributed by atoms with E-state index in [1.807, 2.05) is 0 Å². The van der Waals surface area contributed by atoms with Crippen LogP contribution in [0.25, 0.3) is 11.1 Å². The first-order valence-corrected chi connectivity index (χ1v) is 6.14. The molecule has 0 radical (unpaired) electrons. The van der Waals surface area contributed by atoms with Gasteiger partial charge in [-0.3, -0.25) is 4.79 Å². The number of nitrogens with zero attached hydrogens (tertiary/aromatic N) is 1. The number of aromatic nitrogens is 1. The second kappa shape index (κ2) is 5.12. The molecule has 8 heteroatoms. The van der Waals surface area contributed by atoms with E-state index in [0.29, 0.717) is 22.9 Å². The number of carbonyl (C=O) groups is 1. The first-order chi connectivity index (χ1) is 8.88. The van der Waals surface area contributed by atoms with Gasteiger partial charge in [0.15, 0.2) is 11.5 Å². The van der Waals surface area contributed by atoms with Gasteiger partial charge in [-0.05, 0) is 12.1 Å². The molecule has 1 unspecified atom stereocenters. The summed E-state index contributed by atoms with van der Waals surface area (Å²) in [6.07, 6.45) is -4.79. The maximum Gasteiger partial charge on any atom is 0.403 e. The summed E-state index contributed by atoms with van der Waals surface area (Å²) < 4.78 is 42.5. The molecule has 19 heavy (non-hydrogen) atoms. The monoisotopic (exact) mass is 291 g/mol. The van der Waals surface area contributed by atoms with Crippen molar-refractivity contribution in [3.63, 3.8) is 0 Å². The normalized spacial score (nSPS) is 13.6. The van der Waals surface area contributed by atoms with E-state index in [1.165, 1.54) is 0 Å². The third-order valence-electron chi connectivity index (χ3n) is 2.34. The molecule has 1 N–H and O–H groups in total. The summed E-state index contributed by atoms with van der Waals surface area (Å²) >= 11 is 0.631. The lowest BCUT2D eigenvalue weighted by molar-refractivity contribution is -0.188. The molecule has 1 aromatic heterocycles. The number of alkyl halides is 3. The zero-order chi connectivity index (χ0) is 14.0. The fourth-order valence-corrected chi connectivity index (χ4v) is 2.33. The van der Waals surface area contributed by atoms with Gasteiger partial charge >= 0.3 is 12.1 Å². The van der Waals surface area contributed by atoms with Crippen LogP contribution in [-0.4, -0.2) is 28.0 Å². The highest BCUT2D eigenvalue weighted by Gasteiger charge is 2.45. The number of carboxylic acids is 1. The maximum atomic E-state index is 12.4. The van der Waals surface area contributed by atoms with Crippen molar-refractivity contribution >= 4 is 28.8 Å². The van der Waals surface area contributed by atoms with Crippen LogP contribution in [0.15, 0.2) is 33.9 Å². The molecule has 2 aromatic rings. The van der Waals surface area contributed by atoms with Crippen LogP contribution in [0.4, 0.5) is 13.2 Å². The van der Waals surface area contributed by atoms with Crippen molar-refractivity contribution in [2.75, 3.05) is 5.75 Å². The number of thioether (sulfide) groups is 1. The summed E-state index contributed by atoms with van der Waals surface area (Å²) in [5.41, 5.74) is 0.966. The highest BCUT2D eigenvalue weighted by Crippen LogP contribution is 2.32. The molecular weight excluding hydrogens is 283 g/mol. The quantitative estimate of drug-likeness (QED) is 0.876. The Balaban J connectivity index is 2.10. The minimum absolute atomic E-state index is 0.0247. The van der Waals surface area contributed by atoms with E-state index in [-0.39, 0.29) is 5.22 Å². The van der Waals surface area contributed by atoms with Crippen molar-refractivity contribution in [2.45, 2.75) is 11.4 Å². The molecule has 1 aromatic carbocycles. The topological polar surface area (TPSA) is 63.3 Å². The summed E-state index contributed by atoms with van der Waals surface area (Å²) in [7, 11) is 0. The molecule has 1 heterocycles. The predicted octanol–water partition coefficient (Wildman–Crippen LogP) is 3.18. The Morgan fingerprint density at radius 3 is 2.68 bits per heavy atom. The number of hydrogen-bond acceptors (Lipinski definition) is 4. The van der Waals surface area contributed by atoms with Gasteiger partial charge in [0.1, 0.15) is 5.52 Å². The Hall–Kier alpha value is -1.70. The number of aliphatic carboxylic acids is 1. The van der Waals surface area contributed by atoms with Gasteiger partial charge in [-0.1, -0.05) is 23.9 Å². The molecule has 2 rings (SSSR count). The number of rotatable bonds is 4. The van der Waals surface area contributed by atoms with Crippen LogP contribution in [-0.2, 0) is 4.79 Å². The Morgan fingerprint density at radius 2 is 2.11 bits per heavy atom. The second-order valence-electron chi connectivity index (χ2n) is 3.69. The number of fused-ring (bicyclic) bond motifs is 1. The minimum Gasteiger partial charge on any atom is -0.481 e. The van der Waals surface area contributed by atoms with Crippen LogP contribution >= 0.6 is 11.8 Å². The Kier molecular flexibility index (Phi) is 3.70. The molecule has 0 bridgehead atoms. The maximum absolute atomic E-state index is 12.4. The molecule has 0 spiro atoms. The Labute approximate surface area is 109 Å². The second-order valence-corrected chi connectivity index (χ2v) is 4.66. The largest absolute Gasteiger partial charge is 0.481 e. The highest BCUT2D eigenvalue weighted by molar-refractivity contribution is 7.99. The average molecular weight is 291 g/mol. The molecule has 0 aliphatic carbocycles. The lowest BCUT2D eigenvalue weighted by Gasteiger charge is -2.14. The van der Waals surface area contributed by atoms with Gasteiger partial charge < -0.3 is 9.52 Å². The molecule has 0 fully saturated rings. The van der Waals surface area contributed by atoms with Gasteiger partial charge in [0.2, 0.25) is 0 Å². The van der Waals surface area contributed by atoms with E-state index >= 15 is 0 Å². The van der Waals surface area contributed by atoms with Gasteiger partial charge in [0.05, 0.1) is 0 Å². The average Bonchev–Trinajstić information content (AvgIpc) is 2.69. The molecule has 4 nitrogen and oxygen atoms in total. The van der Waals surface area contributed by atoms with Crippen LogP contribution in [0.5, 0.6) is 0 Å². The standard InChI is InChI=1S/C11H8F3NO3S/c12-11(13,14)6(9(16)17)5-19-10-15-7-3-1-2-4-8(7)18-10/h1-4,6H,5H2,(H,16,17). The number of para-hydroxylation sites is 2. The number of carboxylic acid groups (broad SMARTS) is 1. The van der Waals surface area contributed by atoms with Crippen molar-refractivity contribution in [1.82, 2.24) is 4.98 Å². The van der Waals surface area contributed by atoms with Crippen molar-refractivity contribution < 1.29 is 27.5 Å². The highest BCUT2D eigenvalue weighted by atomic mass is 32.2. The van der Waals surface area contributed by atoms with Crippen molar-refractivity contribution in [3.05, 3.63) is 24.3 Å². The lowest BCUT2D eigenvalue weighted by Crippen LogP contribution is -2.32. The van der Waals surface area contributed by atoms with E-state index in [0.717, 1.165) is 0 Å². The van der Waals surface area contributed by atoms with E-state index < -0.39 is 23.8 Å². The first-order valence-electron chi connectivity index (χ1n) is 5.16. The summed E-state index contributed by atoms with van der Waals surface area (Å²) in [6.45, 7) is 0. The van der Waals surface area contributed by atoms with Crippen LogP contribution in [0.3, 0.4) is 0 Å². The zero-order valence-electron chi connectivity index (χ0n) is 9.35. The number of halogens is 3. The van der Waals surface area contributed by atoms with E-state index in [2.05, 4.69) is 4.98 Å². The Bertz CT molecular complexity index is 563. The predicted molar refractivity (Wildman–Crippen MR) is 61.9 cm³/mol. The summed E-state index contributed by atoms with van der Waals surface area (Å²) in [4.78, 5) is 14.5.